The fourth-order valence-corrected chi connectivity index (χ4v) is 2.59. The van der Waals surface area contributed by atoms with Crippen molar-refractivity contribution in [3.05, 3.63) is 33.9 Å². The minimum atomic E-state index is -1.24. The van der Waals surface area contributed by atoms with Crippen LogP contribution in [0, 0.1) is 24.9 Å². The van der Waals surface area contributed by atoms with Gasteiger partial charge < -0.3 is 0 Å². The Morgan fingerprint density at radius 1 is 1.00 bits per heavy atom. The van der Waals surface area contributed by atoms with Crippen LogP contribution in [0.15, 0.2) is 30.3 Å². The molecule has 0 saturated carbocycles. The summed E-state index contributed by atoms with van der Waals surface area (Å²) < 4.78 is 4.54. The van der Waals surface area contributed by atoms with Crippen molar-refractivity contribution in [2.75, 3.05) is 0 Å². The second kappa shape index (κ2) is 6.00. The summed E-state index contributed by atoms with van der Waals surface area (Å²) in [7, 11) is -1.24. The van der Waals surface area contributed by atoms with E-state index in [9.17, 15) is 0 Å². The van der Waals surface area contributed by atoms with Gasteiger partial charge in [0, 0.05) is 5.92 Å². The van der Waals surface area contributed by atoms with Crippen LogP contribution in [-0.2, 0) is 0 Å². The average Bonchev–Trinajstić information content (AvgIpc) is 2.17. The van der Waals surface area contributed by atoms with E-state index in [0.717, 1.165) is 0 Å². The van der Waals surface area contributed by atoms with Crippen molar-refractivity contribution in [3.8, 4) is 21.3 Å². The fourth-order valence-electron chi connectivity index (χ4n) is 0.798. The van der Waals surface area contributed by atoms with Crippen molar-refractivity contribution in [1.29, 1.82) is 0 Å². The molecule has 0 atom stereocenters. The Kier molecular flexibility index (Phi) is 4.94. The average molecular weight is 325 g/mol. The Morgan fingerprint density at radius 3 is 2.27 bits per heavy atom. The fraction of sp³-hybridized carbons (Fsp3) is 0.231. The van der Waals surface area contributed by atoms with Crippen LogP contribution in [0.2, 0.25) is 19.6 Å². The molecular formula is C13H14ISi+. The molecule has 0 bridgehead atoms. The van der Waals surface area contributed by atoms with Crippen LogP contribution < -0.4 is 21.2 Å². The van der Waals surface area contributed by atoms with Crippen LogP contribution in [0.5, 0.6) is 0 Å². The number of hydrogen-bond acceptors (Lipinski definition) is 0. The standard InChI is InChI=1S/C13H14ISi/c1-15(2,3)12-8-7-11-14-13-9-5-4-6-10-13/h4-6,9-10H,1-3H3/q+1. The first-order valence-corrected chi connectivity index (χ1v) is 10.4. The van der Waals surface area contributed by atoms with Gasteiger partial charge in [0.1, 0.15) is 8.07 Å². The van der Waals surface area contributed by atoms with Crippen molar-refractivity contribution < 1.29 is 21.2 Å². The monoisotopic (exact) mass is 325 g/mol. The van der Waals surface area contributed by atoms with E-state index in [4.69, 9.17) is 0 Å². The Morgan fingerprint density at radius 2 is 1.67 bits per heavy atom. The van der Waals surface area contributed by atoms with Gasteiger partial charge >= 0.3 is 21.2 Å². The SMILES string of the molecule is C[Si](C)(C)C#CC#C[I+]c1ccccc1. The summed E-state index contributed by atoms with van der Waals surface area (Å²) in [6.07, 6.45) is 0. The van der Waals surface area contributed by atoms with E-state index in [1.165, 1.54) is 3.57 Å². The van der Waals surface area contributed by atoms with Crippen molar-refractivity contribution in [1.82, 2.24) is 0 Å². The zero-order valence-electron chi connectivity index (χ0n) is 9.26. The van der Waals surface area contributed by atoms with Gasteiger partial charge in [-0.25, -0.2) is 0 Å². The van der Waals surface area contributed by atoms with Gasteiger partial charge in [0.2, 0.25) is 7.50 Å². The molecule has 15 heavy (non-hydrogen) atoms. The Labute approximate surface area is 104 Å². The van der Waals surface area contributed by atoms with E-state index in [2.05, 4.69) is 65.2 Å². The van der Waals surface area contributed by atoms with Crippen LogP contribution in [-0.4, -0.2) is 8.07 Å². The molecule has 0 aliphatic heterocycles. The van der Waals surface area contributed by atoms with Crippen LogP contribution >= 0.6 is 0 Å². The predicted molar refractivity (Wildman–Crippen MR) is 64.0 cm³/mol. The summed E-state index contributed by atoms with van der Waals surface area (Å²) >= 11 is -0.171. The number of halogens is 1. The second-order valence-electron chi connectivity index (χ2n) is 4.11. The normalized spacial score (nSPS) is 9.53. The lowest BCUT2D eigenvalue weighted by molar-refractivity contribution is -0.535. The molecule has 0 aliphatic carbocycles. The maximum Gasteiger partial charge on any atom is 0.420 e. The Balaban J connectivity index is 2.51. The largest absolute Gasteiger partial charge is 0.420 e. The molecule has 0 heterocycles. The van der Waals surface area contributed by atoms with E-state index in [0.29, 0.717) is 0 Å². The van der Waals surface area contributed by atoms with Crippen molar-refractivity contribution in [2.24, 2.45) is 0 Å². The molecule has 1 aromatic carbocycles. The third-order valence-corrected chi connectivity index (χ3v) is 4.19. The summed E-state index contributed by atoms with van der Waals surface area (Å²) in [5.41, 5.74) is 3.24. The number of hydrogen-bond donors (Lipinski definition) is 0. The van der Waals surface area contributed by atoms with Gasteiger partial charge in [-0.2, -0.15) is 0 Å². The summed E-state index contributed by atoms with van der Waals surface area (Å²) in [4.78, 5) is 0. The molecule has 0 nitrogen and oxygen atoms in total. The van der Waals surface area contributed by atoms with Crippen LogP contribution in [0.3, 0.4) is 0 Å². The molecule has 0 spiro atoms. The summed E-state index contributed by atoms with van der Waals surface area (Å²) in [5, 5.41) is 0. The van der Waals surface area contributed by atoms with Crippen molar-refractivity contribution in [2.45, 2.75) is 19.6 Å². The molecule has 0 N–H and O–H groups in total. The molecule has 2 heteroatoms. The maximum atomic E-state index is 3.24. The molecule has 1 aromatic rings. The van der Waals surface area contributed by atoms with E-state index in [1.807, 2.05) is 6.07 Å². The first-order chi connectivity index (χ1) is 7.08. The van der Waals surface area contributed by atoms with Gasteiger partial charge in [0.25, 0.3) is 0 Å². The molecule has 1 rings (SSSR count). The summed E-state index contributed by atoms with van der Waals surface area (Å²) in [6, 6.07) is 10.4. The molecule has 76 valence electrons. The van der Waals surface area contributed by atoms with Gasteiger partial charge in [-0.15, -0.1) is 5.54 Å². The molecule has 0 saturated heterocycles. The van der Waals surface area contributed by atoms with Gasteiger partial charge in [0.15, 0.2) is 0 Å². The first kappa shape index (κ1) is 12.4. The first-order valence-electron chi connectivity index (χ1n) is 4.79. The zero-order chi connectivity index (χ0) is 11.1. The molecule has 0 aliphatic rings. The highest BCUT2D eigenvalue weighted by Crippen LogP contribution is 1.95. The van der Waals surface area contributed by atoms with Crippen molar-refractivity contribution >= 4 is 8.07 Å². The zero-order valence-corrected chi connectivity index (χ0v) is 12.4. The molecule has 0 radical (unpaired) electrons. The van der Waals surface area contributed by atoms with Gasteiger partial charge in [-0.1, -0.05) is 37.8 Å². The summed E-state index contributed by atoms with van der Waals surface area (Å²) in [6.45, 7) is 6.69. The minimum Gasteiger partial charge on any atom is -0.118 e. The van der Waals surface area contributed by atoms with E-state index in [-0.39, 0.29) is 21.2 Å². The maximum absolute atomic E-state index is 3.24. The van der Waals surface area contributed by atoms with Gasteiger partial charge in [0.05, 0.1) is 0 Å². The lowest BCUT2D eigenvalue weighted by Gasteiger charge is -2.01. The number of benzene rings is 1. The highest BCUT2D eigenvalue weighted by molar-refractivity contribution is 6.83. The van der Waals surface area contributed by atoms with Crippen LogP contribution in [0.25, 0.3) is 0 Å². The van der Waals surface area contributed by atoms with Crippen molar-refractivity contribution in [3.63, 3.8) is 0 Å². The predicted octanol–water partition coefficient (Wildman–Crippen LogP) is -0.213. The van der Waals surface area contributed by atoms with Gasteiger partial charge in [-0.05, 0) is 18.1 Å². The minimum absolute atomic E-state index is 0.171. The quantitative estimate of drug-likeness (QED) is 0.381. The molecule has 0 unspecified atom stereocenters. The van der Waals surface area contributed by atoms with Crippen LogP contribution in [0.1, 0.15) is 0 Å². The molecule has 0 aromatic heterocycles. The second-order valence-corrected chi connectivity index (χ2v) is 11.2. The summed E-state index contributed by atoms with van der Waals surface area (Å²) in [5.74, 6) is 5.94. The highest BCUT2D eigenvalue weighted by atomic mass is 127. The number of rotatable bonds is 1. The smallest absolute Gasteiger partial charge is 0.118 e. The highest BCUT2D eigenvalue weighted by Gasteiger charge is 2.07. The van der Waals surface area contributed by atoms with E-state index in [1.54, 1.807) is 0 Å². The lowest BCUT2D eigenvalue weighted by atomic mass is 10.4. The molecular weight excluding hydrogens is 311 g/mol. The van der Waals surface area contributed by atoms with Gasteiger partial charge in [-0.3, -0.25) is 0 Å². The molecule has 0 amide bonds. The lowest BCUT2D eigenvalue weighted by Crippen LogP contribution is -3.59. The third-order valence-electron chi connectivity index (χ3n) is 1.44. The Bertz CT molecular complexity index is 421. The Hall–Kier alpha value is -0.713. The van der Waals surface area contributed by atoms with Crippen LogP contribution in [0.4, 0.5) is 0 Å². The van der Waals surface area contributed by atoms with E-state index < -0.39 is 8.07 Å². The third kappa shape index (κ3) is 6.38. The van der Waals surface area contributed by atoms with E-state index >= 15 is 0 Å². The topological polar surface area (TPSA) is 0 Å². The molecule has 0 fully saturated rings.